The highest BCUT2D eigenvalue weighted by Gasteiger charge is 2.20. The number of allylic oxidation sites excluding steroid dienone is 2. The maximum absolute atomic E-state index is 10.6. The van der Waals surface area contributed by atoms with Gasteiger partial charge in [0.2, 0.25) is 0 Å². The van der Waals surface area contributed by atoms with Crippen LogP contribution in [0.3, 0.4) is 0 Å². The Balaban J connectivity index is 3.77. The van der Waals surface area contributed by atoms with Gasteiger partial charge < -0.3 is 14.9 Å². The minimum absolute atomic E-state index is 0.109. The van der Waals surface area contributed by atoms with Crippen molar-refractivity contribution in [1.29, 1.82) is 0 Å². The van der Waals surface area contributed by atoms with Gasteiger partial charge in [-0.3, -0.25) is 4.79 Å². The first-order valence-electron chi connectivity index (χ1n) is 5.40. The lowest BCUT2D eigenvalue weighted by Gasteiger charge is -2.09. The lowest BCUT2D eigenvalue weighted by atomic mass is 10.2. The van der Waals surface area contributed by atoms with Crippen LogP contribution in [-0.4, -0.2) is 34.9 Å². The fourth-order valence-corrected chi connectivity index (χ4v) is 1.11. The molecule has 0 aromatic heterocycles. The van der Waals surface area contributed by atoms with Gasteiger partial charge in [0.05, 0.1) is 13.0 Å². The highest BCUT2D eigenvalue weighted by atomic mass is 16.5. The van der Waals surface area contributed by atoms with E-state index in [1.807, 2.05) is 12.2 Å². The number of carbonyl (C=O) groups is 2. The Morgan fingerprint density at radius 2 is 1.94 bits per heavy atom. The van der Waals surface area contributed by atoms with Crippen molar-refractivity contribution < 1.29 is 24.5 Å². The zero-order valence-corrected chi connectivity index (χ0v) is 9.67. The van der Waals surface area contributed by atoms with Gasteiger partial charge in [-0.1, -0.05) is 18.2 Å². The monoisotopic (exact) mass is 242 g/mol. The van der Waals surface area contributed by atoms with Crippen LogP contribution in [0.2, 0.25) is 0 Å². The second-order valence-electron chi connectivity index (χ2n) is 3.45. The largest absolute Gasteiger partial charge is 0.481 e. The molecule has 0 heterocycles. The summed E-state index contributed by atoms with van der Waals surface area (Å²) in [5.41, 5.74) is 0. The summed E-state index contributed by atoms with van der Waals surface area (Å²) in [6.07, 6.45) is 6.37. The van der Waals surface area contributed by atoms with Gasteiger partial charge in [0.25, 0.3) is 0 Å². The first-order chi connectivity index (χ1) is 8.07. The molecular weight excluding hydrogens is 224 g/mol. The van der Waals surface area contributed by atoms with Crippen LogP contribution in [0, 0.1) is 0 Å². The zero-order chi connectivity index (χ0) is 13.1. The van der Waals surface area contributed by atoms with Crippen molar-refractivity contribution in [3.63, 3.8) is 0 Å². The Labute approximate surface area is 100 Å². The van der Waals surface area contributed by atoms with E-state index < -0.39 is 24.5 Å². The van der Waals surface area contributed by atoms with Gasteiger partial charge in [0.15, 0.2) is 6.10 Å². The fourth-order valence-electron chi connectivity index (χ4n) is 1.11. The molecule has 0 aliphatic heterocycles. The third-order valence-corrected chi connectivity index (χ3v) is 1.97. The average molecular weight is 242 g/mol. The Morgan fingerprint density at radius 1 is 1.24 bits per heavy atom. The molecular formula is C12H18O5. The molecule has 0 bridgehead atoms. The van der Waals surface area contributed by atoms with Gasteiger partial charge >= 0.3 is 11.9 Å². The van der Waals surface area contributed by atoms with Crippen LogP contribution in [0.1, 0.15) is 25.7 Å². The minimum atomic E-state index is -1.29. The summed E-state index contributed by atoms with van der Waals surface area (Å²) in [5.74, 6) is -2.44. The van der Waals surface area contributed by atoms with Gasteiger partial charge in [0.1, 0.15) is 0 Å². The topological polar surface area (TPSA) is 83.8 Å². The molecule has 0 aliphatic carbocycles. The molecule has 0 aromatic carbocycles. The van der Waals surface area contributed by atoms with E-state index in [1.165, 1.54) is 0 Å². The second-order valence-corrected chi connectivity index (χ2v) is 3.45. The van der Waals surface area contributed by atoms with Gasteiger partial charge in [-0.15, -0.1) is 6.58 Å². The molecule has 0 aliphatic rings. The number of rotatable bonds is 10. The van der Waals surface area contributed by atoms with E-state index in [9.17, 15) is 9.59 Å². The summed E-state index contributed by atoms with van der Waals surface area (Å²) < 4.78 is 4.93. The summed E-state index contributed by atoms with van der Waals surface area (Å²) in [6, 6.07) is 0. The number of carboxylic acid groups (broad SMARTS) is 2. The first-order valence-corrected chi connectivity index (χ1v) is 5.40. The van der Waals surface area contributed by atoms with E-state index in [2.05, 4.69) is 6.58 Å². The number of hydrogen-bond acceptors (Lipinski definition) is 3. The molecule has 1 unspecified atom stereocenters. The third-order valence-electron chi connectivity index (χ3n) is 1.97. The maximum atomic E-state index is 10.6. The van der Waals surface area contributed by atoms with Crippen LogP contribution in [0.15, 0.2) is 24.8 Å². The Bertz CT molecular complexity index is 283. The van der Waals surface area contributed by atoms with Gasteiger partial charge in [0, 0.05) is 0 Å². The van der Waals surface area contributed by atoms with E-state index in [4.69, 9.17) is 14.9 Å². The van der Waals surface area contributed by atoms with Gasteiger partial charge in [-0.2, -0.15) is 0 Å². The highest BCUT2D eigenvalue weighted by molar-refractivity contribution is 5.79. The number of carboxylic acids is 2. The molecule has 5 nitrogen and oxygen atoms in total. The zero-order valence-electron chi connectivity index (χ0n) is 9.67. The fraction of sp³-hybridized carbons (Fsp3) is 0.500. The van der Waals surface area contributed by atoms with Crippen molar-refractivity contribution in [2.24, 2.45) is 0 Å². The summed E-state index contributed by atoms with van der Waals surface area (Å²) in [5, 5.41) is 17.1. The van der Waals surface area contributed by atoms with E-state index >= 15 is 0 Å². The molecule has 0 amide bonds. The molecule has 0 spiro atoms. The highest BCUT2D eigenvalue weighted by Crippen LogP contribution is 2.01. The molecule has 17 heavy (non-hydrogen) atoms. The summed E-state index contributed by atoms with van der Waals surface area (Å²) in [7, 11) is 0. The predicted molar refractivity (Wildman–Crippen MR) is 62.8 cm³/mol. The summed E-state index contributed by atoms with van der Waals surface area (Å²) in [6.45, 7) is 3.70. The third kappa shape index (κ3) is 9.32. The molecule has 0 saturated carbocycles. The standard InChI is InChI=1S/C12H18O5/c1-2-3-4-5-6-7-8-17-10(12(15)16)9-11(13)14/h2,6-7,10H,1,3-5,8-9H2,(H,13,14)(H,15,16). The van der Waals surface area contributed by atoms with Crippen LogP contribution < -0.4 is 0 Å². The van der Waals surface area contributed by atoms with Gasteiger partial charge in [-0.05, 0) is 19.3 Å². The molecule has 0 fully saturated rings. The quantitative estimate of drug-likeness (QED) is 0.451. The summed E-state index contributed by atoms with van der Waals surface area (Å²) in [4.78, 5) is 21.0. The van der Waals surface area contributed by atoms with Crippen molar-refractivity contribution in [2.45, 2.75) is 31.8 Å². The van der Waals surface area contributed by atoms with Crippen LogP contribution in [0.25, 0.3) is 0 Å². The minimum Gasteiger partial charge on any atom is -0.481 e. The molecule has 5 heteroatoms. The van der Waals surface area contributed by atoms with Crippen molar-refractivity contribution in [3.8, 4) is 0 Å². The lowest BCUT2D eigenvalue weighted by Crippen LogP contribution is -2.27. The summed E-state index contributed by atoms with van der Waals surface area (Å²) >= 11 is 0. The van der Waals surface area contributed by atoms with Crippen LogP contribution in [-0.2, 0) is 14.3 Å². The molecule has 1 atom stereocenters. The average Bonchev–Trinajstić information content (AvgIpc) is 2.25. The molecule has 0 saturated heterocycles. The van der Waals surface area contributed by atoms with Crippen molar-refractivity contribution >= 4 is 11.9 Å². The maximum Gasteiger partial charge on any atom is 0.333 e. The van der Waals surface area contributed by atoms with Gasteiger partial charge in [-0.25, -0.2) is 4.79 Å². The molecule has 0 aromatic rings. The molecule has 0 rings (SSSR count). The van der Waals surface area contributed by atoms with E-state index in [-0.39, 0.29) is 6.61 Å². The van der Waals surface area contributed by atoms with E-state index in [0.717, 1.165) is 19.3 Å². The Kier molecular flexibility index (Phi) is 8.68. The number of unbranched alkanes of at least 4 members (excludes halogenated alkanes) is 2. The van der Waals surface area contributed by atoms with E-state index in [0.29, 0.717) is 0 Å². The second kappa shape index (κ2) is 9.59. The van der Waals surface area contributed by atoms with E-state index in [1.54, 1.807) is 6.08 Å². The lowest BCUT2D eigenvalue weighted by molar-refractivity contribution is -0.156. The number of hydrogen-bond donors (Lipinski definition) is 2. The normalized spacial score (nSPS) is 12.5. The number of aliphatic carboxylic acids is 2. The number of ether oxygens (including phenoxy) is 1. The SMILES string of the molecule is C=CCCCC=CCOC(CC(=O)O)C(=O)O. The van der Waals surface area contributed by atoms with Crippen LogP contribution in [0.5, 0.6) is 0 Å². The Hall–Kier alpha value is -1.62. The van der Waals surface area contributed by atoms with Crippen molar-refractivity contribution in [1.82, 2.24) is 0 Å². The molecule has 96 valence electrons. The smallest absolute Gasteiger partial charge is 0.333 e. The van der Waals surface area contributed by atoms with Crippen LogP contribution in [0.4, 0.5) is 0 Å². The van der Waals surface area contributed by atoms with Crippen LogP contribution >= 0.6 is 0 Å². The Morgan fingerprint density at radius 3 is 2.47 bits per heavy atom. The molecule has 2 N–H and O–H groups in total. The van der Waals surface area contributed by atoms with Crippen molar-refractivity contribution in [3.05, 3.63) is 24.8 Å². The van der Waals surface area contributed by atoms with Crippen molar-refractivity contribution in [2.75, 3.05) is 6.61 Å². The molecule has 0 radical (unpaired) electrons. The predicted octanol–water partition coefficient (Wildman–Crippen LogP) is 1.84. The first kappa shape index (κ1) is 15.4.